The smallest absolute Gasteiger partial charge is 0.228 e. The largest absolute Gasteiger partial charge is 0.294 e. The molecule has 23 heavy (non-hydrogen) atoms. The molecule has 1 heterocycles. The van der Waals surface area contributed by atoms with Crippen LogP contribution in [0.25, 0.3) is 0 Å². The lowest BCUT2D eigenvalue weighted by molar-refractivity contribution is -0.119. The molecule has 0 aliphatic carbocycles. The van der Waals surface area contributed by atoms with Crippen molar-refractivity contribution >= 4 is 11.7 Å². The molecule has 0 unspecified atom stereocenters. The Balaban J connectivity index is 3.08. The van der Waals surface area contributed by atoms with Crippen LogP contribution in [0.5, 0.6) is 0 Å². The average molecular weight is 319 g/mol. The molecule has 1 aromatic heterocycles. The van der Waals surface area contributed by atoms with Crippen LogP contribution in [0.15, 0.2) is 12.3 Å². The number of rotatable bonds is 11. The second-order valence-electron chi connectivity index (χ2n) is 6.18. The van der Waals surface area contributed by atoms with Crippen molar-refractivity contribution in [2.75, 3.05) is 4.90 Å². The standard InChI is InChI=1S/C19H33N3O/c1-5-9-13-17-20-15-14-18(21-17)22(19(23)12-8-4)16(10-6-2)11-7-3/h14-16H,5-13H2,1-4H3. The summed E-state index contributed by atoms with van der Waals surface area (Å²) < 4.78 is 0. The first-order valence-corrected chi connectivity index (χ1v) is 9.31. The lowest BCUT2D eigenvalue weighted by Crippen LogP contribution is -2.41. The van der Waals surface area contributed by atoms with Gasteiger partial charge in [-0.15, -0.1) is 0 Å². The van der Waals surface area contributed by atoms with Crippen molar-refractivity contribution in [3.63, 3.8) is 0 Å². The summed E-state index contributed by atoms with van der Waals surface area (Å²) in [5, 5.41) is 0. The Labute approximate surface area is 141 Å². The minimum atomic E-state index is 0.194. The number of aromatic nitrogens is 2. The average Bonchev–Trinajstić information content (AvgIpc) is 2.54. The van der Waals surface area contributed by atoms with E-state index in [0.29, 0.717) is 6.42 Å². The maximum atomic E-state index is 12.7. The summed E-state index contributed by atoms with van der Waals surface area (Å²) >= 11 is 0. The highest BCUT2D eigenvalue weighted by Crippen LogP contribution is 2.22. The zero-order chi connectivity index (χ0) is 17.1. The maximum absolute atomic E-state index is 12.7. The highest BCUT2D eigenvalue weighted by atomic mass is 16.2. The van der Waals surface area contributed by atoms with Gasteiger partial charge in [-0.1, -0.05) is 47.0 Å². The highest BCUT2D eigenvalue weighted by Gasteiger charge is 2.25. The Kier molecular flexibility index (Phi) is 9.49. The van der Waals surface area contributed by atoms with Gasteiger partial charge in [0.2, 0.25) is 5.91 Å². The van der Waals surface area contributed by atoms with Crippen LogP contribution in [0.3, 0.4) is 0 Å². The number of nitrogens with zero attached hydrogens (tertiary/aromatic N) is 3. The van der Waals surface area contributed by atoms with Crippen LogP contribution in [-0.4, -0.2) is 21.9 Å². The molecule has 0 spiro atoms. The van der Waals surface area contributed by atoms with E-state index in [4.69, 9.17) is 4.98 Å². The molecule has 4 nitrogen and oxygen atoms in total. The first-order chi connectivity index (χ1) is 11.2. The Morgan fingerprint density at radius 2 is 1.78 bits per heavy atom. The van der Waals surface area contributed by atoms with Crippen LogP contribution >= 0.6 is 0 Å². The maximum Gasteiger partial charge on any atom is 0.228 e. The first kappa shape index (κ1) is 19.6. The van der Waals surface area contributed by atoms with E-state index >= 15 is 0 Å². The Morgan fingerprint density at radius 3 is 2.35 bits per heavy atom. The molecule has 1 aromatic rings. The summed E-state index contributed by atoms with van der Waals surface area (Å²) in [4.78, 5) is 23.7. The van der Waals surface area contributed by atoms with E-state index in [1.54, 1.807) is 6.20 Å². The Bertz CT molecular complexity index is 456. The minimum absolute atomic E-state index is 0.194. The molecule has 0 aliphatic heterocycles. The van der Waals surface area contributed by atoms with Gasteiger partial charge in [0.15, 0.2) is 0 Å². The fourth-order valence-corrected chi connectivity index (χ4v) is 2.90. The highest BCUT2D eigenvalue weighted by molar-refractivity contribution is 5.92. The molecule has 0 radical (unpaired) electrons. The number of carbonyl (C=O) groups excluding carboxylic acids is 1. The second-order valence-corrected chi connectivity index (χ2v) is 6.18. The third kappa shape index (κ3) is 6.28. The van der Waals surface area contributed by atoms with E-state index in [1.165, 1.54) is 0 Å². The van der Waals surface area contributed by atoms with E-state index in [0.717, 1.165) is 63.0 Å². The van der Waals surface area contributed by atoms with Crippen molar-refractivity contribution in [3.05, 3.63) is 18.1 Å². The van der Waals surface area contributed by atoms with Crippen LogP contribution in [0.2, 0.25) is 0 Å². The first-order valence-electron chi connectivity index (χ1n) is 9.31. The summed E-state index contributed by atoms with van der Waals surface area (Å²) in [7, 11) is 0. The number of hydrogen-bond donors (Lipinski definition) is 0. The summed E-state index contributed by atoms with van der Waals surface area (Å²) in [5.74, 6) is 1.83. The van der Waals surface area contributed by atoms with E-state index in [-0.39, 0.29) is 11.9 Å². The zero-order valence-corrected chi connectivity index (χ0v) is 15.3. The molecule has 130 valence electrons. The van der Waals surface area contributed by atoms with Crippen LogP contribution in [0.1, 0.15) is 84.9 Å². The van der Waals surface area contributed by atoms with Crippen molar-refractivity contribution in [2.24, 2.45) is 0 Å². The molecule has 0 bridgehead atoms. The molecule has 0 fully saturated rings. The number of aryl methyl sites for hydroxylation is 1. The molecular formula is C19H33N3O. The number of unbranched alkanes of at least 4 members (excludes halogenated alkanes) is 1. The summed E-state index contributed by atoms with van der Waals surface area (Å²) in [6.07, 6.45) is 10.5. The lowest BCUT2D eigenvalue weighted by atomic mass is 10.0. The summed E-state index contributed by atoms with van der Waals surface area (Å²) in [6, 6.07) is 2.14. The molecular weight excluding hydrogens is 286 g/mol. The molecule has 0 N–H and O–H groups in total. The number of carbonyl (C=O) groups is 1. The molecule has 1 rings (SSSR count). The van der Waals surface area contributed by atoms with E-state index in [1.807, 2.05) is 11.0 Å². The van der Waals surface area contributed by atoms with Crippen LogP contribution < -0.4 is 4.90 Å². The molecule has 0 aliphatic rings. The van der Waals surface area contributed by atoms with Crippen LogP contribution in [-0.2, 0) is 11.2 Å². The summed E-state index contributed by atoms with van der Waals surface area (Å²) in [5.41, 5.74) is 0. The fourth-order valence-electron chi connectivity index (χ4n) is 2.90. The minimum Gasteiger partial charge on any atom is -0.294 e. The van der Waals surface area contributed by atoms with Crippen molar-refractivity contribution in [1.29, 1.82) is 0 Å². The molecule has 0 saturated heterocycles. The quantitative estimate of drug-likeness (QED) is 0.581. The van der Waals surface area contributed by atoms with Gasteiger partial charge >= 0.3 is 0 Å². The van der Waals surface area contributed by atoms with Gasteiger partial charge in [0.25, 0.3) is 0 Å². The molecule has 1 amide bonds. The zero-order valence-electron chi connectivity index (χ0n) is 15.3. The number of hydrogen-bond acceptors (Lipinski definition) is 3. The Morgan fingerprint density at radius 1 is 1.09 bits per heavy atom. The molecule has 4 heteroatoms. The van der Waals surface area contributed by atoms with Gasteiger partial charge in [-0.2, -0.15) is 0 Å². The molecule has 0 aromatic carbocycles. The van der Waals surface area contributed by atoms with Gasteiger partial charge in [-0.3, -0.25) is 9.69 Å². The monoisotopic (exact) mass is 319 g/mol. The van der Waals surface area contributed by atoms with Gasteiger partial charge in [0, 0.05) is 25.1 Å². The molecule has 0 saturated carbocycles. The van der Waals surface area contributed by atoms with Crippen molar-refractivity contribution in [1.82, 2.24) is 9.97 Å². The van der Waals surface area contributed by atoms with Crippen molar-refractivity contribution in [3.8, 4) is 0 Å². The van der Waals surface area contributed by atoms with Gasteiger partial charge in [-0.25, -0.2) is 9.97 Å². The predicted molar refractivity (Wildman–Crippen MR) is 96.6 cm³/mol. The van der Waals surface area contributed by atoms with E-state index < -0.39 is 0 Å². The Hall–Kier alpha value is -1.45. The summed E-state index contributed by atoms with van der Waals surface area (Å²) in [6.45, 7) is 8.58. The predicted octanol–water partition coefficient (Wildman–Crippen LogP) is 4.92. The number of anilines is 1. The van der Waals surface area contributed by atoms with E-state index in [9.17, 15) is 4.79 Å². The second kappa shape index (κ2) is 11.1. The van der Waals surface area contributed by atoms with Crippen LogP contribution in [0.4, 0.5) is 5.82 Å². The van der Waals surface area contributed by atoms with Crippen molar-refractivity contribution in [2.45, 2.75) is 91.5 Å². The third-order valence-electron chi connectivity index (χ3n) is 4.03. The fraction of sp³-hybridized carbons (Fsp3) is 0.737. The normalized spacial score (nSPS) is 11.0. The van der Waals surface area contributed by atoms with E-state index in [2.05, 4.69) is 32.7 Å². The topological polar surface area (TPSA) is 46.1 Å². The van der Waals surface area contributed by atoms with Crippen molar-refractivity contribution < 1.29 is 4.79 Å². The lowest BCUT2D eigenvalue weighted by Gasteiger charge is -2.31. The van der Waals surface area contributed by atoms with Gasteiger partial charge in [-0.05, 0) is 31.7 Å². The van der Waals surface area contributed by atoms with Gasteiger partial charge < -0.3 is 0 Å². The third-order valence-corrected chi connectivity index (χ3v) is 4.03. The molecule has 0 atom stereocenters. The van der Waals surface area contributed by atoms with Gasteiger partial charge in [0.05, 0.1) is 0 Å². The number of amides is 1. The SMILES string of the molecule is CCCCc1nccc(N(C(=O)CCC)C(CCC)CCC)n1. The van der Waals surface area contributed by atoms with Gasteiger partial charge in [0.1, 0.15) is 11.6 Å². The van der Waals surface area contributed by atoms with Crippen LogP contribution in [0, 0.1) is 0 Å².